The van der Waals surface area contributed by atoms with Gasteiger partial charge >= 0.3 is 0 Å². The first-order valence-corrected chi connectivity index (χ1v) is 4.52. The van der Waals surface area contributed by atoms with Crippen molar-refractivity contribution in [3.63, 3.8) is 0 Å². The highest BCUT2D eigenvalue weighted by Crippen LogP contribution is 2.27. The third-order valence-corrected chi connectivity index (χ3v) is 1.67. The molecule has 17 heavy (non-hydrogen) atoms. The van der Waals surface area contributed by atoms with Gasteiger partial charge in [-0.25, -0.2) is 0 Å². The summed E-state index contributed by atoms with van der Waals surface area (Å²) >= 11 is 5.75. The van der Waals surface area contributed by atoms with Crippen molar-refractivity contribution in [3.05, 3.63) is 33.3 Å². The number of nitrogens with two attached hydrogens (primary N) is 1. The van der Waals surface area contributed by atoms with Gasteiger partial charge in [0.15, 0.2) is 5.96 Å². The maximum atomic E-state index is 8.36. The van der Waals surface area contributed by atoms with Crippen molar-refractivity contribution < 1.29 is 15.0 Å². The molecule has 0 saturated heterocycles. The Hall–Kier alpha value is -2.22. The molecule has 0 fully saturated rings. The van der Waals surface area contributed by atoms with Gasteiger partial charge in [-0.3, -0.25) is 5.41 Å². The van der Waals surface area contributed by atoms with Gasteiger partial charge < -0.3 is 21.0 Å². The lowest BCUT2D eigenvalue weighted by Crippen LogP contribution is -2.20. The number of halogens is 1. The topological polar surface area (TPSA) is 134 Å². The zero-order chi connectivity index (χ0) is 13.4. The molecule has 0 heterocycles. The zero-order valence-electron chi connectivity index (χ0n) is 8.81. The van der Waals surface area contributed by atoms with Crippen LogP contribution in [-0.4, -0.2) is 23.4 Å². The van der Waals surface area contributed by atoms with E-state index in [0.29, 0.717) is 16.5 Å². The van der Waals surface area contributed by atoms with E-state index in [4.69, 9.17) is 42.8 Å². The van der Waals surface area contributed by atoms with E-state index < -0.39 is 5.09 Å². The second-order valence-electron chi connectivity index (χ2n) is 2.62. The average Bonchev–Trinajstić information content (AvgIpc) is 2.16. The van der Waals surface area contributed by atoms with Crippen LogP contribution in [-0.2, 0) is 0 Å². The van der Waals surface area contributed by atoms with Crippen molar-refractivity contribution in [1.82, 2.24) is 0 Å². The summed E-state index contributed by atoms with van der Waals surface area (Å²) in [6.07, 6.45) is 0. The molecule has 0 radical (unpaired) electrons. The van der Waals surface area contributed by atoms with Gasteiger partial charge in [0.25, 0.3) is 5.09 Å². The van der Waals surface area contributed by atoms with Gasteiger partial charge in [0, 0.05) is 5.02 Å². The van der Waals surface area contributed by atoms with Gasteiger partial charge in [0.2, 0.25) is 0 Å². The highest BCUT2D eigenvalue weighted by molar-refractivity contribution is 6.31. The van der Waals surface area contributed by atoms with Crippen LogP contribution in [0.2, 0.25) is 5.02 Å². The molecule has 0 aliphatic heterocycles. The first-order chi connectivity index (χ1) is 7.86. The van der Waals surface area contributed by atoms with Crippen LogP contribution in [0.25, 0.3) is 0 Å². The Morgan fingerprint density at radius 3 is 2.65 bits per heavy atom. The second kappa shape index (κ2) is 7.12. The molecule has 1 rings (SSSR count). The molecule has 8 nitrogen and oxygen atoms in total. The van der Waals surface area contributed by atoms with E-state index in [1.165, 1.54) is 7.11 Å². The Kier molecular flexibility index (Phi) is 6.19. The van der Waals surface area contributed by atoms with Crippen LogP contribution in [0.5, 0.6) is 5.75 Å². The van der Waals surface area contributed by atoms with Crippen molar-refractivity contribution in [3.8, 4) is 5.75 Å². The molecule has 0 bridgehead atoms. The monoisotopic (exact) mass is 262 g/mol. The van der Waals surface area contributed by atoms with Gasteiger partial charge in [-0.1, -0.05) is 11.6 Å². The Labute approximate surface area is 102 Å². The lowest BCUT2D eigenvalue weighted by Gasteiger charge is -2.09. The second-order valence-corrected chi connectivity index (χ2v) is 3.06. The predicted octanol–water partition coefficient (Wildman–Crippen LogP) is 1.31. The van der Waals surface area contributed by atoms with Gasteiger partial charge in [-0.05, 0) is 18.2 Å². The molecule has 9 heteroatoms. The summed E-state index contributed by atoms with van der Waals surface area (Å²) < 4.78 is 5.03. The minimum absolute atomic E-state index is 0.152. The number of rotatable bonds is 2. The molecule has 0 atom stereocenters. The first-order valence-electron chi connectivity index (χ1n) is 4.14. The van der Waals surface area contributed by atoms with Crippen molar-refractivity contribution in [2.45, 2.75) is 0 Å². The number of benzene rings is 1. The number of nitrogens with zero attached hydrogens (tertiary/aromatic N) is 1. The van der Waals surface area contributed by atoms with Crippen LogP contribution in [0.1, 0.15) is 0 Å². The minimum Gasteiger partial charge on any atom is -0.495 e. The summed E-state index contributed by atoms with van der Waals surface area (Å²) in [7, 11) is 1.54. The van der Waals surface area contributed by atoms with Crippen molar-refractivity contribution >= 4 is 23.2 Å². The fourth-order valence-corrected chi connectivity index (χ4v) is 1.10. The molecule has 1 aromatic rings. The SMILES string of the molecule is COc1ccc(Cl)cc1NC(=N)N.O=[N+]([O-])O. The van der Waals surface area contributed by atoms with Crippen LogP contribution in [0.4, 0.5) is 5.69 Å². The molecule has 0 amide bonds. The third-order valence-electron chi connectivity index (χ3n) is 1.43. The molecule has 94 valence electrons. The molecular weight excluding hydrogens is 252 g/mol. The fourth-order valence-electron chi connectivity index (χ4n) is 0.923. The quantitative estimate of drug-likeness (QED) is 0.275. The summed E-state index contributed by atoms with van der Waals surface area (Å²) in [5.74, 6) is 0.445. The Bertz CT molecular complexity index is 409. The molecule has 0 aromatic heterocycles. The van der Waals surface area contributed by atoms with E-state index in [1.807, 2.05) is 0 Å². The lowest BCUT2D eigenvalue weighted by molar-refractivity contribution is -0.742. The number of methoxy groups -OCH3 is 1. The Morgan fingerprint density at radius 2 is 2.24 bits per heavy atom. The van der Waals surface area contributed by atoms with E-state index >= 15 is 0 Å². The van der Waals surface area contributed by atoms with Crippen molar-refractivity contribution in [2.24, 2.45) is 5.73 Å². The highest BCUT2D eigenvalue weighted by Gasteiger charge is 2.03. The van der Waals surface area contributed by atoms with E-state index in [1.54, 1.807) is 18.2 Å². The van der Waals surface area contributed by atoms with Gasteiger partial charge in [0.1, 0.15) is 5.75 Å². The largest absolute Gasteiger partial charge is 0.495 e. The number of hydrogen-bond donors (Lipinski definition) is 4. The third kappa shape index (κ3) is 6.79. The summed E-state index contributed by atoms with van der Waals surface area (Å²) in [5, 5.41) is 23.9. The predicted molar refractivity (Wildman–Crippen MR) is 62.3 cm³/mol. The molecule has 0 spiro atoms. The molecule has 5 N–H and O–H groups in total. The van der Waals surface area contributed by atoms with Gasteiger partial charge in [0.05, 0.1) is 12.8 Å². The van der Waals surface area contributed by atoms with Crippen molar-refractivity contribution in [2.75, 3.05) is 12.4 Å². The Morgan fingerprint density at radius 1 is 1.71 bits per heavy atom. The van der Waals surface area contributed by atoms with Crippen LogP contribution in [0, 0.1) is 15.5 Å². The molecule has 0 saturated carbocycles. The molecule has 1 aromatic carbocycles. The van der Waals surface area contributed by atoms with Crippen LogP contribution in [0.15, 0.2) is 18.2 Å². The maximum absolute atomic E-state index is 8.36. The standard InChI is InChI=1S/C8H10ClN3O.HNO3/c1-13-7-3-2-5(9)4-6(7)12-8(10)11;2-1(3)4/h2-4H,1H3,(H4,10,11,12);(H,2,3,4). The van der Waals surface area contributed by atoms with E-state index in [-0.39, 0.29) is 5.96 Å². The summed E-state index contributed by atoms with van der Waals surface area (Å²) in [5.41, 5.74) is 5.76. The van der Waals surface area contributed by atoms with E-state index in [2.05, 4.69) is 5.32 Å². The van der Waals surface area contributed by atoms with E-state index in [9.17, 15) is 0 Å². The molecule has 0 aliphatic carbocycles. The first kappa shape index (κ1) is 14.8. The molecule has 0 aliphatic rings. The Balaban J connectivity index is 0.000000557. The summed E-state index contributed by atoms with van der Waals surface area (Å²) in [4.78, 5) is 8.36. The average molecular weight is 263 g/mol. The lowest BCUT2D eigenvalue weighted by atomic mass is 10.3. The normalized spacial score (nSPS) is 8.59. The van der Waals surface area contributed by atoms with Gasteiger partial charge in [-0.2, -0.15) is 0 Å². The van der Waals surface area contributed by atoms with Crippen LogP contribution >= 0.6 is 11.6 Å². The number of guanidine groups is 1. The number of nitrogens with one attached hydrogen (secondary N) is 2. The zero-order valence-corrected chi connectivity index (χ0v) is 9.56. The molecular formula is C8H11ClN4O4. The fraction of sp³-hybridized carbons (Fsp3) is 0.125. The highest BCUT2D eigenvalue weighted by atomic mass is 35.5. The van der Waals surface area contributed by atoms with E-state index in [0.717, 1.165) is 0 Å². The van der Waals surface area contributed by atoms with Crippen LogP contribution in [0.3, 0.4) is 0 Å². The van der Waals surface area contributed by atoms with Crippen LogP contribution < -0.4 is 15.8 Å². The smallest absolute Gasteiger partial charge is 0.291 e. The van der Waals surface area contributed by atoms with Gasteiger partial charge in [-0.15, -0.1) is 10.1 Å². The summed E-state index contributed by atoms with van der Waals surface area (Å²) in [6, 6.07) is 5.04. The minimum atomic E-state index is -1.50. The molecule has 0 unspecified atom stereocenters. The summed E-state index contributed by atoms with van der Waals surface area (Å²) in [6.45, 7) is 0. The number of hydrogen-bond acceptors (Lipinski definition) is 4. The maximum Gasteiger partial charge on any atom is 0.291 e. The number of anilines is 1. The number of ether oxygens (including phenoxy) is 1. The van der Waals surface area contributed by atoms with Crippen molar-refractivity contribution in [1.29, 1.82) is 5.41 Å².